The van der Waals surface area contributed by atoms with E-state index in [1.807, 2.05) is 26.8 Å². The summed E-state index contributed by atoms with van der Waals surface area (Å²) in [6, 6.07) is 11.6. The van der Waals surface area contributed by atoms with Gasteiger partial charge in [-0.25, -0.2) is 8.42 Å². The molecule has 0 saturated carbocycles. The van der Waals surface area contributed by atoms with Crippen molar-refractivity contribution in [3.63, 3.8) is 0 Å². The number of anilines is 1. The molecule has 0 bridgehead atoms. The van der Waals surface area contributed by atoms with Crippen LogP contribution in [0.2, 0.25) is 0 Å². The van der Waals surface area contributed by atoms with Crippen molar-refractivity contribution in [1.82, 2.24) is 0 Å². The molecule has 2 aromatic carbocycles. The topological polar surface area (TPSA) is 72.9 Å². The molecule has 0 radical (unpaired) electrons. The van der Waals surface area contributed by atoms with Gasteiger partial charge in [-0.15, -0.1) is 0 Å². The van der Waals surface area contributed by atoms with Crippen molar-refractivity contribution >= 4 is 21.7 Å². The molecule has 0 spiro atoms. The van der Waals surface area contributed by atoms with Crippen molar-refractivity contribution < 1.29 is 22.7 Å². The van der Waals surface area contributed by atoms with E-state index in [1.165, 1.54) is 12.1 Å². The first-order chi connectivity index (χ1) is 12.8. The highest BCUT2D eigenvalue weighted by molar-refractivity contribution is 7.92. The van der Waals surface area contributed by atoms with Crippen molar-refractivity contribution in [1.29, 1.82) is 0 Å². The Hall–Kier alpha value is -2.54. The highest BCUT2D eigenvalue weighted by Gasteiger charge is 2.28. The molecule has 27 heavy (non-hydrogen) atoms. The summed E-state index contributed by atoms with van der Waals surface area (Å²) in [5.74, 6) is -0.0223. The van der Waals surface area contributed by atoms with E-state index in [-0.39, 0.29) is 11.5 Å². The van der Waals surface area contributed by atoms with Gasteiger partial charge in [0, 0.05) is 0 Å². The number of sulfonamides is 1. The number of aryl methyl sites for hydroxylation is 2. The lowest BCUT2D eigenvalue weighted by molar-refractivity contribution is -0.141. The Bertz CT molecular complexity index is 871. The van der Waals surface area contributed by atoms with Crippen molar-refractivity contribution in [2.75, 3.05) is 24.1 Å². The first-order valence-corrected chi connectivity index (χ1v) is 10.2. The lowest BCUT2D eigenvalue weighted by Crippen LogP contribution is -2.36. The fraction of sp³-hybridized carbons (Fsp3) is 0.350. The molecule has 0 aliphatic carbocycles. The Balaban J connectivity index is 2.48. The Morgan fingerprint density at radius 2 is 1.56 bits per heavy atom. The largest absolute Gasteiger partial charge is 0.494 e. The Morgan fingerprint density at radius 1 is 0.963 bits per heavy atom. The lowest BCUT2D eigenvalue weighted by Gasteiger charge is -2.24. The summed E-state index contributed by atoms with van der Waals surface area (Å²) in [7, 11) is -3.96. The third-order valence-electron chi connectivity index (χ3n) is 3.80. The van der Waals surface area contributed by atoms with Gasteiger partial charge in [-0.3, -0.25) is 9.10 Å². The molecule has 0 saturated heterocycles. The molecule has 0 aliphatic rings. The maximum absolute atomic E-state index is 13.2. The molecular weight excluding hydrogens is 366 g/mol. The fourth-order valence-electron chi connectivity index (χ4n) is 2.74. The van der Waals surface area contributed by atoms with E-state index in [9.17, 15) is 13.2 Å². The van der Waals surface area contributed by atoms with Gasteiger partial charge in [0.25, 0.3) is 10.0 Å². The summed E-state index contributed by atoms with van der Waals surface area (Å²) in [6.45, 7) is 7.56. The first-order valence-electron chi connectivity index (χ1n) is 8.77. The quantitative estimate of drug-likeness (QED) is 0.645. The van der Waals surface area contributed by atoms with Crippen molar-refractivity contribution in [3.05, 3.63) is 53.6 Å². The molecule has 146 valence electrons. The molecule has 0 N–H and O–H groups in total. The van der Waals surface area contributed by atoms with Gasteiger partial charge in [0.1, 0.15) is 12.3 Å². The van der Waals surface area contributed by atoms with E-state index in [1.54, 1.807) is 31.2 Å². The second kappa shape index (κ2) is 8.90. The highest BCUT2D eigenvalue weighted by atomic mass is 32.2. The van der Waals surface area contributed by atoms with E-state index < -0.39 is 22.5 Å². The van der Waals surface area contributed by atoms with Crippen molar-refractivity contribution in [2.45, 2.75) is 32.6 Å². The zero-order valence-electron chi connectivity index (χ0n) is 16.1. The third-order valence-corrected chi connectivity index (χ3v) is 5.58. The van der Waals surface area contributed by atoms with Crippen molar-refractivity contribution in [3.8, 4) is 5.75 Å². The third kappa shape index (κ3) is 5.23. The number of benzene rings is 2. The Kier molecular flexibility index (Phi) is 6.85. The van der Waals surface area contributed by atoms with Crippen LogP contribution < -0.4 is 9.04 Å². The number of ether oxygens (including phenoxy) is 2. The maximum Gasteiger partial charge on any atom is 0.326 e. The molecule has 2 rings (SSSR count). The molecule has 7 heteroatoms. The number of hydrogen-bond acceptors (Lipinski definition) is 5. The van der Waals surface area contributed by atoms with Crippen LogP contribution in [-0.4, -0.2) is 34.1 Å². The van der Waals surface area contributed by atoms with Gasteiger partial charge >= 0.3 is 5.97 Å². The van der Waals surface area contributed by atoms with Gasteiger partial charge in [-0.1, -0.05) is 6.07 Å². The molecule has 0 atom stereocenters. The molecule has 0 unspecified atom stereocenters. The van der Waals surface area contributed by atoms with E-state index >= 15 is 0 Å². The summed E-state index contributed by atoms with van der Waals surface area (Å²) in [6.07, 6.45) is 0. The van der Waals surface area contributed by atoms with Crippen LogP contribution in [0.25, 0.3) is 0 Å². The number of rotatable bonds is 8. The van der Waals surface area contributed by atoms with Crippen LogP contribution in [0.3, 0.4) is 0 Å². The van der Waals surface area contributed by atoms with Gasteiger partial charge in [0.05, 0.1) is 23.8 Å². The lowest BCUT2D eigenvalue weighted by atomic mass is 10.1. The standard InChI is InChI=1S/C20H25NO5S/c1-5-25-18-7-9-19(10-8-18)27(23,24)21(14-20(22)26-6-2)17-12-15(3)11-16(4)13-17/h7-13H,5-6,14H2,1-4H3. The van der Waals surface area contributed by atoms with Crippen LogP contribution in [0.15, 0.2) is 47.4 Å². The number of nitrogens with zero attached hydrogens (tertiary/aromatic N) is 1. The first kappa shape index (κ1) is 20.8. The van der Waals surface area contributed by atoms with Crippen molar-refractivity contribution in [2.24, 2.45) is 0 Å². The average Bonchev–Trinajstić information content (AvgIpc) is 2.59. The average molecular weight is 391 g/mol. The SMILES string of the molecule is CCOC(=O)CN(c1cc(C)cc(C)c1)S(=O)(=O)c1ccc(OCC)cc1. The van der Waals surface area contributed by atoms with Crippen LogP contribution in [0.5, 0.6) is 5.75 Å². The van der Waals surface area contributed by atoms with E-state index in [4.69, 9.17) is 9.47 Å². The predicted molar refractivity (Wildman–Crippen MR) is 105 cm³/mol. The predicted octanol–water partition coefficient (Wildman–Crippen LogP) is 3.46. The smallest absolute Gasteiger partial charge is 0.326 e. The van der Waals surface area contributed by atoms with Crippen LogP contribution in [-0.2, 0) is 19.6 Å². The van der Waals surface area contributed by atoms with Gasteiger partial charge in [-0.2, -0.15) is 0 Å². The molecular formula is C20H25NO5S. The summed E-state index contributed by atoms with van der Waals surface area (Å²) in [5.41, 5.74) is 2.23. The monoisotopic (exact) mass is 391 g/mol. The van der Waals surface area contributed by atoms with Crippen LogP contribution in [0.1, 0.15) is 25.0 Å². The fourth-order valence-corrected chi connectivity index (χ4v) is 4.13. The molecule has 6 nitrogen and oxygen atoms in total. The maximum atomic E-state index is 13.2. The van der Waals surface area contributed by atoms with Crippen LogP contribution in [0.4, 0.5) is 5.69 Å². The minimum atomic E-state index is -3.96. The second-order valence-corrected chi connectivity index (χ2v) is 7.93. The van der Waals surface area contributed by atoms with Crippen LogP contribution in [0, 0.1) is 13.8 Å². The van der Waals surface area contributed by atoms with E-state index in [2.05, 4.69) is 0 Å². The zero-order chi connectivity index (χ0) is 20.0. The minimum Gasteiger partial charge on any atom is -0.494 e. The summed E-state index contributed by atoms with van der Waals surface area (Å²) in [4.78, 5) is 12.1. The summed E-state index contributed by atoms with van der Waals surface area (Å²) < 4.78 is 37.9. The number of carbonyl (C=O) groups excluding carboxylic acids is 1. The minimum absolute atomic E-state index is 0.0782. The zero-order valence-corrected chi connectivity index (χ0v) is 16.9. The molecule has 0 heterocycles. The molecule has 0 aromatic heterocycles. The summed E-state index contributed by atoms with van der Waals surface area (Å²) in [5, 5.41) is 0. The Morgan fingerprint density at radius 3 is 2.07 bits per heavy atom. The number of hydrogen-bond donors (Lipinski definition) is 0. The van der Waals surface area contributed by atoms with E-state index in [0.29, 0.717) is 18.0 Å². The molecule has 0 fully saturated rings. The van der Waals surface area contributed by atoms with Gasteiger partial charge in [0.15, 0.2) is 0 Å². The number of carbonyl (C=O) groups is 1. The highest BCUT2D eigenvalue weighted by Crippen LogP contribution is 2.27. The van der Waals surface area contributed by atoms with Gasteiger partial charge in [-0.05, 0) is 75.2 Å². The molecule has 0 amide bonds. The molecule has 2 aromatic rings. The van der Waals surface area contributed by atoms with Gasteiger partial charge < -0.3 is 9.47 Å². The second-order valence-electron chi connectivity index (χ2n) is 6.07. The van der Waals surface area contributed by atoms with E-state index in [0.717, 1.165) is 15.4 Å². The number of esters is 1. The van der Waals surface area contributed by atoms with Crippen LogP contribution >= 0.6 is 0 Å². The normalized spacial score (nSPS) is 11.1. The summed E-state index contributed by atoms with van der Waals surface area (Å²) >= 11 is 0. The van der Waals surface area contributed by atoms with Gasteiger partial charge in [0.2, 0.25) is 0 Å². The Labute approximate surface area is 160 Å². The molecule has 0 aliphatic heterocycles.